The average molecular weight is 374 g/mol. The number of carbonyl (C=O) groups excluding carboxylic acids is 1. The molecule has 0 saturated heterocycles. The van der Waals surface area contributed by atoms with Crippen LogP contribution in [0.25, 0.3) is 5.69 Å². The highest BCUT2D eigenvalue weighted by Gasteiger charge is 2.09. The Labute approximate surface area is 138 Å². The Bertz CT molecular complexity index is 583. The van der Waals surface area contributed by atoms with Crippen molar-refractivity contribution in [2.24, 2.45) is 5.73 Å². The standard InChI is InChI=1S/C14H17BrN4O.ClH/c1-10(16)6-7-17-14(20)11-8-18-19(9-11)13-4-2-12(15)3-5-13;/h2-5,8-10H,6-7,16H2,1H3,(H,17,20);1H. The summed E-state index contributed by atoms with van der Waals surface area (Å²) in [4.78, 5) is 11.9. The first kappa shape index (κ1) is 17.7. The number of nitrogens with one attached hydrogen (secondary N) is 1. The minimum absolute atomic E-state index is 0. The molecule has 2 aromatic rings. The topological polar surface area (TPSA) is 72.9 Å². The molecule has 7 heteroatoms. The van der Waals surface area contributed by atoms with Crippen molar-refractivity contribution in [2.45, 2.75) is 19.4 Å². The minimum Gasteiger partial charge on any atom is -0.352 e. The van der Waals surface area contributed by atoms with Crippen LogP contribution in [0.3, 0.4) is 0 Å². The highest BCUT2D eigenvalue weighted by atomic mass is 79.9. The fourth-order valence-corrected chi connectivity index (χ4v) is 1.95. The van der Waals surface area contributed by atoms with E-state index in [4.69, 9.17) is 5.73 Å². The molecule has 1 aromatic heterocycles. The van der Waals surface area contributed by atoms with Gasteiger partial charge < -0.3 is 11.1 Å². The molecule has 0 bridgehead atoms. The van der Waals surface area contributed by atoms with Crippen LogP contribution in [0.5, 0.6) is 0 Å². The summed E-state index contributed by atoms with van der Waals surface area (Å²) in [5, 5.41) is 7.02. The molecule has 0 aliphatic carbocycles. The second-order valence-corrected chi connectivity index (χ2v) is 5.59. The van der Waals surface area contributed by atoms with Crippen molar-refractivity contribution in [3.63, 3.8) is 0 Å². The van der Waals surface area contributed by atoms with E-state index in [1.54, 1.807) is 17.1 Å². The molecule has 0 fully saturated rings. The van der Waals surface area contributed by atoms with Crippen LogP contribution >= 0.6 is 28.3 Å². The minimum atomic E-state index is -0.131. The van der Waals surface area contributed by atoms with Gasteiger partial charge in [-0.15, -0.1) is 12.4 Å². The van der Waals surface area contributed by atoms with Crippen molar-refractivity contribution in [3.8, 4) is 5.69 Å². The van der Waals surface area contributed by atoms with Crippen LogP contribution in [-0.4, -0.2) is 28.3 Å². The molecule has 0 aliphatic heterocycles. The Balaban J connectivity index is 0.00000220. The van der Waals surface area contributed by atoms with Crippen LogP contribution < -0.4 is 11.1 Å². The maximum absolute atomic E-state index is 11.9. The Hall–Kier alpha value is -1.37. The van der Waals surface area contributed by atoms with Gasteiger partial charge in [0.05, 0.1) is 17.4 Å². The lowest BCUT2D eigenvalue weighted by Crippen LogP contribution is -2.28. The monoisotopic (exact) mass is 372 g/mol. The SMILES string of the molecule is CC(N)CCNC(=O)c1cnn(-c2ccc(Br)cc2)c1.Cl. The van der Waals surface area contributed by atoms with Gasteiger partial charge in [-0.05, 0) is 37.6 Å². The van der Waals surface area contributed by atoms with Crippen LogP contribution in [0.2, 0.25) is 0 Å². The van der Waals surface area contributed by atoms with E-state index in [-0.39, 0.29) is 24.4 Å². The van der Waals surface area contributed by atoms with E-state index in [1.165, 1.54) is 0 Å². The number of amides is 1. The molecule has 5 nitrogen and oxygen atoms in total. The zero-order valence-corrected chi connectivity index (χ0v) is 14.0. The van der Waals surface area contributed by atoms with E-state index >= 15 is 0 Å². The molecule has 0 radical (unpaired) electrons. The fourth-order valence-electron chi connectivity index (χ4n) is 1.69. The van der Waals surface area contributed by atoms with Crippen molar-refractivity contribution in [1.29, 1.82) is 0 Å². The Kier molecular flexibility index (Phi) is 6.87. The molecule has 0 spiro atoms. The van der Waals surface area contributed by atoms with Gasteiger partial charge in [0.1, 0.15) is 0 Å². The van der Waals surface area contributed by atoms with Crippen LogP contribution in [0.15, 0.2) is 41.1 Å². The van der Waals surface area contributed by atoms with Gasteiger partial charge in [0, 0.05) is 23.3 Å². The molecule has 21 heavy (non-hydrogen) atoms. The molecule has 2 rings (SSSR count). The number of nitrogens with zero attached hydrogens (tertiary/aromatic N) is 2. The Morgan fingerprint density at radius 1 is 1.43 bits per heavy atom. The quantitative estimate of drug-likeness (QED) is 0.846. The van der Waals surface area contributed by atoms with Gasteiger partial charge in [-0.3, -0.25) is 4.79 Å². The summed E-state index contributed by atoms with van der Waals surface area (Å²) in [6.07, 6.45) is 4.03. The number of benzene rings is 1. The van der Waals surface area contributed by atoms with Crippen molar-refractivity contribution in [1.82, 2.24) is 15.1 Å². The number of rotatable bonds is 5. The molecular formula is C14H18BrClN4O. The molecule has 0 aliphatic rings. The first-order valence-corrected chi connectivity index (χ1v) is 7.20. The molecule has 1 atom stereocenters. The molecule has 1 heterocycles. The third-order valence-electron chi connectivity index (χ3n) is 2.82. The summed E-state index contributed by atoms with van der Waals surface area (Å²) in [6.45, 7) is 2.48. The number of aromatic nitrogens is 2. The highest BCUT2D eigenvalue weighted by molar-refractivity contribution is 9.10. The van der Waals surface area contributed by atoms with Crippen molar-refractivity contribution < 1.29 is 4.79 Å². The van der Waals surface area contributed by atoms with E-state index in [0.717, 1.165) is 16.6 Å². The van der Waals surface area contributed by atoms with Crippen LogP contribution in [0.1, 0.15) is 23.7 Å². The van der Waals surface area contributed by atoms with Crippen molar-refractivity contribution in [2.75, 3.05) is 6.54 Å². The number of carbonyl (C=O) groups is 1. The predicted molar refractivity (Wildman–Crippen MR) is 89.1 cm³/mol. The zero-order valence-electron chi connectivity index (χ0n) is 11.6. The average Bonchev–Trinajstić information content (AvgIpc) is 2.88. The molecule has 0 saturated carbocycles. The van der Waals surface area contributed by atoms with Gasteiger partial charge in [-0.25, -0.2) is 4.68 Å². The molecular weight excluding hydrogens is 356 g/mol. The van der Waals surface area contributed by atoms with Crippen LogP contribution in [0, 0.1) is 0 Å². The first-order valence-electron chi connectivity index (χ1n) is 6.40. The van der Waals surface area contributed by atoms with E-state index in [2.05, 4.69) is 26.3 Å². The Morgan fingerprint density at radius 3 is 2.71 bits per heavy atom. The number of hydrogen-bond donors (Lipinski definition) is 2. The molecule has 1 unspecified atom stereocenters. The first-order chi connectivity index (χ1) is 9.56. The molecule has 1 amide bonds. The Morgan fingerprint density at radius 2 is 2.10 bits per heavy atom. The summed E-state index contributed by atoms with van der Waals surface area (Å²) >= 11 is 3.38. The summed E-state index contributed by atoms with van der Waals surface area (Å²) in [5.74, 6) is -0.131. The van der Waals surface area contributed by atoms with Crippen LogP contribution in [-0.2, 0) is 0 Å². The third-order valence-corrected chi connectivity index (χ3v) is 3.35. The fraction of sp³-hybridized carbons (Fsp3) is 0.286. The summed E-state index contributed by atoms with van der Waals surface area (Å²) in [5.41, 5.74) is 7.08. The van der Waals surface area contributed by atoms with Crippen molar-refractivity contribution in [3.05, 3.63) is 46.7 Å². The maximum Gasteiger partial charge on any atom is 0.254 e. The van der Waals surface area contributed by atoms with Gasteiger partial charge in [-0.1, -0.05) is 15.9 Å². The van der Waals surface area contributed by atoms with Gasteiger partial charge in [0.25, 0.3) is 5.91 Å². The number of nitrogens with two attached hydrogens (primary N) is 1. The lowest BCUT2D eigenvalue weighted by molar-refractivity contribution is 0.0953. The summed E-state index contributed by atoms with van der Waals surface area (Å²) in [6, 6.07) is 7.79. The maximum atomic E-state index is 11.9. The molecule has 114 valence electrons. The lowest BCUT2D eigenvalue weighted by Gasteiger charge is -2.05. The van der Waals surface area contributed by atoms with E-state index < -0.39 is 0 Å². The molecule has 1 aromatic carbocycles. The summed E-state index contributed by atoms with van der Waals surface area (Å²) < 4.78 is 2.68. The third kappa shape index (κ3) is 5.15. The lowest BCUT2D eigenvalue weighted by atomic mass is 10.2. The second-order valence-electron chi connectivity index (χ2n) is 4.67. The predicted octanol–water partition coefficient (Wildman–Crippen LogP) is 2.52. The number of hydrogen-bond acceptors (Lipinski definition) is 3. The van der Waals surface area contributed by atoms with Gasteiger partial charge in [0.2, 0.25) is 0 Å². The van der Waals surface area contributed by atoms with Gasteiger partial charge in [-0.2, -0.15) is 5.10 Å². The number of halogens is 2. The largest absolute Gasteiger partial charge is 0.352 e. The second kappa shape index (κ2) is 8.17. The van der Waals surface area contributed by atoms with E-state index in [0.29, 0.717) is 12.1 Å². The van der Waals surface area contributed by atoms with E-state index in [1.807, 2.05) is 31.2 Å². The summed E-state index contributed by atoms with van der Waals surface area (Å²) in [7, 11) is 0. The van der Waals surface area contributed by atoms with Gasteiger partial charge >= 0.3 is 0 Å². The smallest absolute Gasteiger partial charge is 0.254 e. The van der Waals surface area contributed by atoms with E-state index in [9.17, 15) is 4.79 Å². The van der Waals surface area contributed by atoms with Crippen molar-refractivity contribution >= 4 is 34.2 Å². The normalized spacial score (nSPS) is 11.6. The highest BCUT2D eigenvalue weighted by Crippen LogP contribution is 2.14. The zero-order chi connectivity index (χ0) is 14.5. The van der Waals surface area contributed by atoms with Crippen LogP contribution in [0.4, 0.5) is 0 Å². The van der Waals surface area contributed by atoms with Gasteiger partial charge in [0.15, 0.2) is 0 Å². The molecule has 3 N–H and O–H groups in total.